The molecule has 1 aliphatic rings. The van der Waals surface area contributed by atoms with Gasteiger partial charge in [-0.2, -0.15) is 0 Å². The molecule has 0 atom stereocenters. The van der Waals surface area contributed by atoms with Crippen molar-refractivity contribution in [3.63, 3.8) is 0 Å². The third-order valence-electron chi connectivity index (χ3n) is 5.00. The van der Waals surface area contributed by atoms with Crippen molar-refractivity contribution in [3.05, 3.63) is 69.7 Å². The predicted molar refractivity (Wildman–Crippen MR) is 116 cm³/mol. The molecule has 0 fully saturated rings. The highest BCUT2D eigenvalue weighted by atomic mass is 32.1. The first-order valence-electron chi connectivity index (χ1n) is 9.01. The number of hydrogen-bond acceptors (Lipinski definition) is 5. The lowest BCUT2D eigenvalue weighted by Gasteiger charge is -2.18. The van der Waals surface area contributed by atoms with Gasteiger partial charge in [-0.25, -0.2) is 4.98 Å². The van der Waals surface area contributed by atoms with Gasteiger partial charge in [0.2, 0.25) is 0 Å². The maximum Gasteiger partial charge on any atom is 0.135 e. The second-order valence-corrected chi connectivity index (χ2v) is 8.52. The first kappa shape index (κ1) is 17.2. The van der Waals surface area contributed by atoms with Crippen LogP contribution >= 0.6 is 22.7 Å². The number of para-hydroxylation sites is 1. The van der Waals surface area contributed by atoms with Gasteiger partial charge in [0, 0.05) is 29.0 Å². The number of amidine groups is 1. The summed E-state index contributed by atoms with van der Waals surface area (Å²) >= 11 is 3.12. The van der Waals surface area contributed by atoms with Crippen LogP contribution in [0.5, 0.6) is 0 Å². The standard InChI is InChI=1S/C21H18N4OS2/c22-20-19(21-24-16(12-28-21)18-6-3-9-27-18)17(26)11-25(20)8-7-13-10-23-15-5-2-1-4-14(13)15/h1-6,9-10,12,22-23,26H,7-8,11H2. The lowest BCUT2D eigenvalue weighted by atomic mass is 10.1. The summed E-state index contributed by atoms with van der Waals surface area (Å²) in [6.45, 7) is 1.04. The Balaban J connectivity index is 1.33. The van der Waals surface area contributed by atoms with Crippen LogP contribution in [-0.2, 0) is 6.42 Å². The van der Waals surface area contributed by atoms with Gasteiger partial charge in [0.05, 0.1) is 22.7 Å². The van der Waals surface area contributed by atoms with Crippen LogP contribution in [-0.4, -0.2) is 38.9 Å². The summed E-state index contributed by atoms with van der Waals surface area (Å²) in [5, 5.41) is 25.0. The summed E-state index contributed by atoms with van der Waals surface area (Å²) in [5.74, 6) is 0.584. The molecule has 0 saturated heterocycles. The first-order valence-corrected chi connectivity index (χ1v) is 10.8. The van der Waals surface area contributed by atoms with Crippen LogP contribution in [0.3, 0.4) is 0 Å². The fourth-order valence-corrected chi connectivity index (χ4v) is 5.22. The average molecular weight is 407 g/mol. The normalized spacial score (nSPS) is 14.6. The van der Waals surface area contributed by atoms with Crippen LogP contribution in [0.1, 0.15) is 10.6 Å². The molecule has 4 aromatic rings. The highest BCUT2D eigenvalue weighted by Gasteiger charge is 2.30. The van der Waals surface area contributed by atoms with Crippen LogP contribution in [0.4, 0.5) is 0 Å². The summed E-state index contributed by atoms with van der Waals surface area (Å²) in [5.41, 5.74) is 3.82. The Morgan fingerprint density at radius 3 is 2.93 bits per heavy atom. The van der Waals surface area contributed by atoms with Gasteiger partial charge in [-0.1, -0.05) is 24.3 Å². The molecule has 0 amide bonds. The molecule has 0 aliphatic carbocycles. The molecule has 0 saturated carbocycles. The van der Waals surface area contributed by atoms with Crippen LogP contribution in [0.25, 0.3) is 27.0 Å². The second kappa shape index (κ2) is 6.92. The molecule has 5 rings (SSSR count). The van der Waals surface area contributed by atoms with Crippen molar-refractivity contribution in [1.82, 2.24) is 14.9 Å². The monoisotopic (exact) mass is 406 g/mol. The van der Waals surface area contributed by atoms with Gasteiger partial charge in [0.1, 0.15) is 16.6 Å². The molecule has 0 radical (unpaired) electrons. The molecule has 0 bridgehead atoms. The lowest BCUT2D eigenvalue weighted by molar-refractivity contribution is 0.351. The van der Waals surface area contributed by atoms with E-state index in [0.29, 0.717) is 29.5 Å². The van der Waals surface area contributed by atoms with Crippen molar-refractivity contribution >= 4 is 45.0 Å². The maximum atomic E-state index is 10.5. The number of hydrogen-bond donors (Lipinski definition) is 3. The molecule has 0 unspecified atom stereocenters. The highest BCUT2D eigenvalue weighted by Crippen LogP contribution is 2.33. The van der Waals surface area contributed by atoms with E-state index in [1.165, 1.54) is 22.3 Å². The summed E-state index contributed by atoms with van der Waals surface area (Å²) in [6.07, 6.45) is 2.85. The van der Waals surface area contributed by atoms with Gasteiger partial charge in [-0.15, -0.1) is 22.7 Å². The molecule has 7 heteroatoms. The number of aromatic amines is 1. The zero-order valence-electron chi connectivity index (χ0n) is 15.0. The van der Waals surface area contributed by atoms with Crippen LogP contribution in [0.2, 0.25) is 0 Å². The van der Waals surface area contributed by atoms with E-state index in [0.717, 1.165) is 22.5 Å². The number of aliphatic hydroxyl groups excluding tert-OH is 1. The van der Waals surface area contributed by atoms with Gasteiger partial charge < -0.3 is 15.0 Å². The van der Waals surface area contributed by atoms with Crippen molar-refractivity contribution in [1.29, 1.82) is 5.41 Å². The molecule has 0 spiro atoms. The van der Waals surface area contributed by atoms with E-state index in [2.05, 4.69) is 22.1 Å². The quantitative estimate of drug-likeness (QED) is 0.429. The van der Waals surface area contributed by atoms with Gasteiger partial charge in [-0.05, 0) is 29.5 Å². The van der Waals surface area contributed by atoms with Crippen LogP contribution in [0, 0.1) is 5.41 Å². The fraction of sp³-hybridized carbons (Fsp3) is 0.143. The third kappa shape index (κ3) is 2.93. The summed E-state index contributed by atoms with van der Waals surface area (Å²) < 4.78 is 0. The van der Waals surface area contributed by atoms with E-state index in [1.54, 1.807) is 11.3 Å². The molecule has 140 valence electrons. The van der Waals surface area contributed by atoms with Gasteiger partial charge >= 0.3 is 0 Å². The number of fused-ring (bicyclic) bond motifs is 1. The molecule has 3 N–H and O–H groups in total. The van der Waals surface area contributed by atoms with E-state index < -0.39 is 0 Å². The molecule has 3 aromatic heterocycles. The first-order chi connectivity index (χ1) is 13.7. The number of nitrogens with one attached hydrogen (secondary N) is 2. The van der Waals surface area contributed by atoms with Gasteiger partial charge in [0.15, 0.2) is 0 Å². The number of H-pyrrole nitrogens is 1. The predicted octanol–water partition coefficient (Wildman–Crippen LogP) is 5.16. The van der Waals surface area contributed by atoms with Crippen molar-refractivity contribution < 1.29 is 5.11 Å². The summed E-state index contributed by atoms with van der Waals surface area (Å²) in [7, 11) is 0. The Kier molecular flexibility index (Phi) is 4.26. The topological polar surface area (TPSA) is 76.0 Å². The minimum Gasteiger partial charge on any atom is -0.510 e. The number of nitrogens with zero attached hydrogens (tertiary/aromatic N) is 2. The van der Waals surface area contributed by atoms with Gasteiger partial charge in [-0.3, -0.25) is 5.41 Å². The number of benzene rings is 1. The maximum absolute atomic E-state index is 10.5. The minimum absolute atomic E-state index is 0.232. The van der Waals surface area contributed by atoms with Crippen molar-refractivity contribution in [2.24, 2.45) is 0 Å². The molecule has 1 aromatic carbocycles. The minimum atomic E-state index is 0.232. The smallest absolute Gasteiger partial charge is 0.135 e. The van der Waals surface area contributed by atoms with Crippen LogP contribution < -0.4 is 0 Å². The van der Waals surface area contributed by atoms with E-state index in [1.807, 2.05) is 46.1 Å². The lowest BCUT2D eigenvalue weighted by Crippen LogP contribution is -2.28. The summed E-state index contributed by atoms with van der Waals surface area (Å²) in [6, 6.07) is 12.3. The highest BCUT2D eigenvalue weighted by molar-refractivity contribution is 7.14. The number of thiazole rings is 1. The molecular weight excluding hydrogens is 388 g/mol. The van der Waals surface area contributed by atoms with E-state index in [9.17, 15) is 5.11 Å². The molecule has 4 heterocycles. The van der Waals surface area contributed by atoms with Gasteiger partial charge in [0.25, 0.3) is 0 Å². The zero-order valence-corrected chi connectivity index (χ0v) is 16.6. The Labute approximate surface area is 170 Å². The van der Waals surface area contributed by atoms with Crippen LogP contribution in [0.15, 0.2) is 59.1 Å². The number of aromatic nitrogens is 2. The molecule has 5 nitrogen and oxygen atoms in total. The zero-order chi connectivity index (χ0) is 19.1. The SMILES string of the molecule is N=C1C(c2nc(-c3cccs3)cs2)=C(O)CN1CCc1c[nH]c2ccccc12. The summed E-state index contributed by atoms with van der Waals surface area (Å²) in [4.78, 5) is 11.0. The number of rotatable bonds is 5. The van der Waals surface area contributed by atoms with Crippen molar-refractivity contribution in [2.45, 2.75) is 6.42 Å². The van der Waals surface area contributed by atoms with E-state index >= 15 is 0 Å². The van der Waals surface area contributed by atoms with E-state index in [-0.39, 0.29) is 5.76 Å². The molecular formula is C21H18N4OS2. The van der Waals surface area contributed by atoms with Crippen molar-refractivity contribution in [2.75, 3.05) is 13.1 Å². The van der Waals surface area contributed by atoms with E-state index in [4.69, 9.17) is 5.41 Å². The Hall–Kier alpha value is -2.90. The Bertz CT molecular complexity index is 1190. The second-order valence-electron chi connectivity index (χ2n) is 6.72. The molecule has 28 heavy (non-hydrogen) atoms. The largest absolute Gasteiger partial charge is 0.510 e. The fourth-order valence-electron chi connectivity index (χ4n) is 3.57. The Morgan fingerprint density at radius 1 is 1.18 bits per heavy atom. The molecule has 1 aliphatic heterocycles. The number of aliphatic hydroxyl groups is 1. The third-order valence-corrected chi connectivity index (χ3v) is 6.75. The van der Waals surface area contributed by atoms with Crippen molar-refractivity contribution in [3.8, 4) is 10.6 Å². The Morgan fingerprint density at radius 2 is 2.07 bits per heavy atom. The number of thiophene rings is 1. The average Bonchev–Trinajstić information content (AvgIpc) is 3.47.